The van der Waals surface area contributed by atoms with E-state index in [0.29, 0.717) is 0 Å². The lowest BCUT2D eigenvalue weighted by Crippen LogP contribution is -2.48. The third kappa shape index (κ3) is 2.25. The minimum atomic E-state index is -4.57. The number of ether oxygens (including phenoxy) is 1. The molecule has 0 aliphatic rings. The molecule has 0 aromatic rings. The fourth-order valence-electron chi connectivity index (χ4n) is 2.09. The predicted molar refractivity (Wildman–Crippen MR) is 56.5 cm³/mol. The zero-order valence-corrected chi connectivity index (χ0v) is 10.6. The Morgan fingerprint density at radius 3 is 1.60 bits per heavy atom. The lowest BCUT2D eigenvalue weighted by Gasteiger charge is -2.38. The molecule has 0 atom stereocenters. The minimum Gasteiger partial charge on any atom is -0.468 e. The van der Waals surface area contributed by atoms with Crippen LogP contribution in [0.2, 0.25) is 0 Å². The first-order valence-electron chi connectivity index (χ1n) is 4.76. The zero-order chi connectivity index (χ0) is 12.4. The van der Waals surface area contributed by atoms with Crippen LogP contribution in [0.25, 0.3) is 0 Å². The van der Waals surface area contributed by atoms with Crippen molar-refractivity contribution in [3.63, 3.8) is 0 Å². The largest absolute Gasteiger partial charge is 0.468 e. The monoisotopic (exact) mass is 238 g/mol. The molecule has 0 aromatic carbocycles. The van der Waals surface area contributed by atoms with Crippen LogP contribution in [-0.4, -0.2) is 28.0 Å². The van der Waals surface area contributed by atoms with Gasteiger partial charge in [0, 0.05) is 0 Å². The molecule has 0 aromatic heterocycles. The van der Waals surface area contributed by atoms with E-state index in [-0.39, 0.29) is 0 Å². The maximum absolute atomic E-state index is 11.6. The Bertz CT molecular complexity index is 270. The van der Waals surface area contributed by atoms with Gasteiger partial charge < -0.3 is 14.5 Å². The van der Waals surface area contributed by atoms with E-state index in [1.165, 1.54) is 0 Å². The Labute approximate surface area is 90.0 Å². The van der Waals surface area contributed by atoms with Gasteiger partial charge in [-0.3, -0.25) is 9.36 Å². The summed E-state index contributed by atoms with van der Waals surface area (Å²) in [6, 6.07) is 0. The Morgan fingerprint density at radius 1 is 1.20 bits per heavy atom. The second kappa shape index (κ2) is 4.64. The smallest absolute Gasteiger partial charge is 0.343 e. The summed E-state index contributed by atoms with van der Waals surface area (Å²) in [4.78, 5) is 30.4. The molecule has 0 bridgehead atoms. The number of carbonyl (C=O) groups excluding carboxylic acids is 1. The summed E-state index contributed by atoms with van der Waals surface area (Å²) in [6.45, 7) is 6.43. The Morgan fingerprint density at radius 2 is 1.53 bits per heavy atom. The van der Waals surface area contributed by atoms with Crippen LogP contribution in [0.5, 0.6) is 0 Å². The van der Waals surface area contributed by atoms with E-state index in [1.807, 2.05) is 0 Å². The van der Waals surface area contributed by atoms with Gasteiger partial charge in [0.15, 0.2) is 5.16 Å². The van der Waals surface area contributed by atoms with E-state index >= 15 is 0 Å². The molecule has 2 N–H and O–H groups in total. The van der Waals surface area contributed by atoms with Gasteiger partial charge in [-0.2, -0.15) is 0 Å². The van der Waals surface area contributed by atoms with Gasteiger partial charge in [0.05, 0.1) is 7.11 Å². The van der Waals surface area contributed by atoms with Crippen LogP contribution in [0.1, 0.15) is 27.7 Å². The van der Waals surface area contributed by atoms with Crippen LogP contribution in [-0.2, 0) is 14.1 Å². The molecule has 0 saturated carbocycles. The van der Waals surface area contributed by atoms with E-state index in [2.05, 4.69) is 4.74 Å². The first-order chi connectivity index (χ1) is 6.62. The summed E-state index contributed by atoms with van der Waals surface area (Å²) in [5.74, 6) is -1.84. The SMILES string of the molecule is COC(=O)C(C(C)C)(C(C)C)P(=O)(O)O. The van der Waals surface area contributed by atoms with Crippen molar-refractivity contribution in [3.05, 3.63) is 0 Å². The van der Waals surface area contributed by atoms with Gasteiger partial charge in [0.2, 0.25) is 0 Å². The lowest BCUT2D eigenvalue weighted by atomic mass is 9.84. The number of hydrogen-bond donors (Lipinski definition) is 2. The number of hydrogen-bond acceptors (Lipinski definition) is 3. The van der Waals surface area contributed by atoms with Crippen LogP contribution in [0.3, 0.4) is 0 Å². The highest BCUT2D eigenvalue weighted by Gasteiger charge is 2.59. The molecule has 0 rings (SSSR count). The summed E-state index contributed by atoms with van der Waals surface area (Å²) in [6.07, 6.45) is 0. The molecule has 0 spiro atoms. The van der Waals surface area contributed by atoms with Gasteiger partial charge in [-0.05, 0) is 11.8 Å². The van der Waals surface area contributed by atoms with Crippen molar-refractivity contribution < 1.29 is 23.9 Å². The lowest BCUT2D eigenvalue weighted by molar-refractivity contribution is -0.147. The molecule has 0 saturated heterocycles. The minimum absolute atomic E-state index is 0.495. The molecule has 6 heteroatoms. The average Bonchev–Trinajstić information content (AvgIpc) is 2.00. The zero-order valence-electron chi connectivity index (χ0n) is 9.72. The second-order valence-corrected chi connectivity index (χ2v) is 6.00. The highest BCUT2D eigenvalue weighted by molar-refractivity contribution is 7.54. The number of carbonyl (C=O) groups is 1. The Balaban J connectivity index is 5.72. The molecular weight excluding hydrogens is 219 g/mol. The molecule has 0 aliphatic carbocycles. The van der Waals surface area contributed by atoms with Gasteiger partial charge in [0.25, 0.3) is 0 Å². The van der Waals surface area contributed by atoms with Gasteiger partial charge in [-0.1, -0.05) is 27.7 Å². The predicted octanol–water partition coefficient (Wildman–Crippen LogP) is 1.39. The van der Waals surface area contributed by atoms with Gasteiger partial charge in [-0.25, -0.2) is 0 Å². The molecule has 90 valence electrons. The Kier molecular flexibility index (Phi) is 4.52. The van der Waals surface area contributed by atoms with Crippen LogP contribution in [0.4, 0.5) is 0 Å². The summed E-state index contributed by atoms with van der Waals surface area (Å²) in [5.41, 5.74) is 0. The normalized spacial score (nSPS) is 13.4. The second-order valence-electron chi connectivity index (χ2n) is 4.17. The van der Waals surface area contributed by atoms with Crippen molar-refractivity contribution in [3.8, 4) is 0 Å². The van der Waals surface area contributed by atoms with E-state index in [4.69, 9.17) is 0 Å². The number of rotatable bonds is 4. The molecule has 0 radical (unpaired) electrons. The van der Waals surface area contributed by atoms with Crippen LogP contribution >= 0.6 is 7.60 Å². The fourth-order valence-corrected chi connectivity index (χ4v) is 3.77. The topological polar surface area (TPSA) is 83.8 Å². The van der Waals surface area contributed by atoms with Crippen molar-refractivity contribution in [2.24, 2.45) is 11.8 Å². The van der Waals surface area contributed by atoms with Crippen molar-refractivity contribution in [2.45, 2.75) is 32.9 Å². The average molecular weight is 238 g/mol. The summed E-state index contributed by atoms with van der Waals surface area (Å²) in [7, 11) is -3.43. The van der Waals surface area contributed by atoms with E-state index in [9.17, 15) is 19.1 Å². The molecule has 0 fully saturated rings. The maximum atomic E-state index is 11.6. The maximum Gasteiger partial charge on any atom is 0.343 e. The van der Waals surface area contributed by atoms with Gasteiger partial charge >= 0.3 is 13.6 Å². The highest BCUT2D eigenvalue weighted by Crippen LogP contribution is 2.58. The quantitative estimate of drug-likeness (QED) is 0.571. The van der Waals surface area contributed by atoms with E-state index in [0.717, 1.165) is 7.11 Å². The highest BCUT2D eigenvalue weighted by atomic mass is 31.2. The van der Waals surface area contributed by atoms with Crippen molar-refractivity contribution >= 4 is 13.6 Å². The molecule has 0 aliphatic heterocycles. The summed E-state index contributed by atoms with van der Waals surface area (Å²) >= 11 is 0. The third-order valence-corrected chi connectivity index (χ3v) is 4.93. The standard InChI is InChI=1S/C9H19O5P/c1-6(2)9(7(3)4,8(10)14-5)15(11,12)13/h6-7H,1-5H3,(H2,11,12,13). The first-order valence-corrected chi connectivity index (χ1v) is 6.37. The van der Waals surface area contributed by atoms with E-state index < -0.39 is 30.6 Å². The summed E-state index contributed by atoms with van der Waals surface area (Å²) < 4.78 is 16.1. The van der Waals surface area contributed by atoms with Crippen LogP contribution < -0.4 is 0 Å². The molecule has 15 heavy (non-hydrogen) atoms. The van der Waals surface area contributed by atoms with Gasteiger partial charge in [0.1, 0.15) is 0 Å². The van der Waals surface area contributed by atoms with Gasteiger partial charge in [-0.15, -0.1) is 0 Å². The molecule has 0 unspecified atom stereocenters. The molecule has 5 nitrogen and oxygen atoms in total. The molecule has 0 heterocycles. The fraction of sp³-hybridized carbons (Fsp3) is 0.889. The van der Waals surface area contributed by atoms with Crippen molar-refractivity contribution in [1.82, 2.24) is 0 Å². The number of esters is 1. The molecular formula is C9H19O5P. The molecule has 0 amide bonds. The van der Waals surface area contributed by atoms with E-state index in [1.54, 1.807) is 27.7 Å². The van der Waals surface area contributed by atoms with Crippen molar-refractivity contribution in [1.29, 1.82) is 0 Å². The number of methoxy groups -OCH3 is 1. The summed E-state index contributed by atoms with van der Waals surface area (Å²) in [5, 5.41) is -1.75. The Hall–Kier alpha value is -0.380. The van der Waals surface area contributed by atoms with Crippen molar-refractivity contribution in [2.75, 3.05) is 7.11 Å². The van der Waals surface area contributed by atoms with Crippen LogP contribution in [0.15, 0.2) is 0 Å². The first kappa shape index (κ1) is 14.6. The van der Waals surface area contributed by atoms with Crippen LogP contribution in [0, 0.1) is 11.8 Å². The third-order valence-electron chi connectivity index (χ3n) is 2.75.